The zero-order valence-corrected chi connectivity index (χ0v) is 11.2. The number of methoxy groups -OCH3 is 1. The van der Waals surface area contributed by atoms with E-state index < -0.39 is 11.3 Å². The van der Waals surface area contributed by atoms with E-state index >= 15 is 0 Å². The van der Waals surface area contributed by atoms with Crippen LogP contribution in [0.4, 0.5) is 0 Å². The molecule has 0 fully saturated rings. The van der Waals surface area contributed by atoms with Crippen molar-refractivity contribution in [3.63, 3.8) is 0 Å². The lowest BCUT2D eigenvalue weighted by Gasteiger charge is -2.10. The molecule has 0 radical (unpaired) electrons. The van der Waals surface area contributed by atoms with E-state index in [0.717, 1.165) is 16.5 Å². The van der Waals surface area contributed by atoms with E-state index in [0.29, 0.717) is 11.4 Å². The number of fused-ring (bicyclic) bond motifs is 1. The summed E-state index contributed by atoms with van der Waals surface area (Å²) in [6.07, 6.45) is 2.04. The topological polar surface area (TPSA) is 39.2 Å². The minimum absolute atomic E-state index is 0.360. The highest BCUT2D eigenvalue weighted by molar-refractivity contribution is 6.35. The van der Waals surface area contributed by atoms with Crippen LogP contribution in [0.1, 0.15) is 5.56 Å². The number of carbonyl (C=O) groups is 1. The Balaban J connectivity index is 2.40. The molecule has 0 saturated heterocycles. The quantitative estimate of drug-likeness (QED) is 0.641. The average Bonchev–Trinajstić information content (AvgIpc) is 2.41. The van der Waals surface area contributed by atoms with Crippen LogP contribution in [-0.4, -0.2) is 23.4 Å². The molecule has 3 nitrogen and oxygen atoms in total. The Kier molecular flexibility index (Phi) is 4.04. The highest BCUT2D eigenvalue weighted by Gasteiger charge is 2.18. The maximum atomic E-state index is 11.3. The number of halogens is 2. The molecule has 0 N–H and O–H groups in total. The summed E-state index contributed by atoms with van der Waals surface area (Å²) < 4.78 is 4.60. The van der Waals surface area contributed by atoms with Gasteiger partial charge in [-0.3, -0.25) is 9.78 Å². The first-order chi connectivity index (χ1) is 8.63. The molecule has 1 atom stereocenters. The number of hydrogen-bond donors (Lipinski definition) is 0. The van der Waals surface area contributed by atoms with Crippen molar-refractivity contribution in [3.05, 3.63) is 41.0 Å². The number of nitrogens with zero attached hydrogens (tertiary/aromatic N) is 1. The number of benzene rings is 1. The molecule has 5 heteroatoms. The van der Waals surface area contributed by atoms with E-state index in [4.69, 9.17) is 23.2 Å². The average molecular weight is 284 g/mol. The lowest BCUT2D eigenvalue weighted by molar-refractivity contribution is -0.140. The van der Waals surface area contributed by atoms with Gasteiger partial charge in [0.1, 0.15) is 5.38 Å². The summed E-state index contributed by atoms with van der Waals surface area (Å²) in [4.78, 5) is 15.6. The Morgan fingerprint density at radius 2 is 2.22 bits per heavy atom. The van der Waals surface area contributed by atoms with Gasteiger partial charge in [-0.05, 0) is 23.8 Å². The first-order valence-corrected chi connectivity index (χ1v) is 6.19. The Morgan fingerprint density at radius 3 is 2.94 bits per heavy atom. The van der Waals surface area contributed by atoms with Gasteiger partial charge in [-0.2, -0.15) is 0 Å². The molecule has 0 amide bonds. The van der Waals surface area contributed by atoms with Crippen LogP contribution in [0.5, 0.6) is 0 Å². The Bertz CT molecular complexity index is 586. The Labute approximate surface area is 115 Å². The van der Waals surface area contributed by atoms with Crippen molar-refractivity contribution in [3.8, 4) is 0 Å². The fourth-order valence-electron chi connectivity index (χ4n) is 1.77. The molecule has 1 aromatic heterocycles. The molecule has 0 aliphatic rings. The van der Waals surface area contributed by atoms with Gasteiger partial charge >= 0.3 is 5.97 Å². The molecule has 2 rings (SSSR count). The molecule has 2 aromatic rings. The van der Waals surface area contributed by atoms with Crippen molar-refractivity contribution < 1.29 is 9.53 Å². The summed E-state index contributed by atoms with van der Waals surface area (Å²) in [6, 6.07) is 7.31. The van der Waals surface area contributed by atoms with Crippen LogP contribution >= 0.6 is 23.2 Å². The molecule has 0 saturated carbocycles. The van der Waals surface area contributed by atoms with Crippen molar-refractivity contribution in [2.24, 2.45) is 0 Å². The fourth-order valence-corrected chi connectivity index (χ4v) is 2.24. The Hall–Kier alpha value is -1.32. The zero-order chi connectivity index (χ0) is 13.1. The number of rotatable bonds is 3. The van der Waals surface area contributed by atoms with E-state index in [2.05, 4.69) is 9.72 Å². The van der Waals surface area contributed by atoms with Gasteiger partial charge < -0.3 is 4.74 Å². The summed E-state index contributed by atoms with van der Waals surface area (Å²) in [7, 11) is 1.32. The van der Waals surface area contributed by atoms with Crippen molar-refractivity contribution in [1.82, 2.24) is 4.98 Å². The lowest BCUT2D eigenvalue weighted by atomic mass is 10.1. The Morgan fingerprint density at radius 1 is 1.44 bits per heavy atom. The maximum absolute atomic E-state index is 11.3. The van der Waals surface area contributed by atoms with Crippen LogP contribution in [0.3, 0.4) is 0 Å². The number of esters is 1. The minimum Gasteiger partial charge on any atom is -0.468 e. The van der Waals surface area contributed by atoms with E-state index in [1.807, 2.05) is 18.2 Å². The summed E-state index contributed by atoms with van der Waals surface area (Å²) in [5.41, 5.74) is 1.64. The summed E-state index contributed by atoms with van der Waals surface area (Å²) in [5, 5.41) is 0.762. The second kappa shape index (κ2) is 5.55. The molecule has 0 aliphatic heterocycles. The third-order valence-corrected chi connectivity index (χ3v) is 3.32. The maximum Gasteiger partial charge on any atom is 0.324 e. The number of hydrogen-bond acceptors (Lipinski definition) is 3. The van der Waals surface area contributed by atoms with Gasteiger partial charge in [0.25, 0.3) is 0 Å². The molecule has 1 unspecified atom stereocenters. The van der Waals surface area contributed by atoms with Gasteiger partial charge in [0.15, 0.2) is 0 Å². The molecule has 94 valence electrons. The van der Waals surface area contributed by atoms with E-state index in [1.165, 1.54) is 7.11 Å². The molecule has 1 heterocycles. The van der Waals surface area contributed by atoms with Crippen molar-refractivity contribution in [2.75, 3.05) is 7.11 Å². The molecule has 1 aromatic carbocycles. The molecular formula is C13H11Cl2NO2. The van der Waals surface area contributed by atoms with Crippen molar-refractivity contribution in [2.45, 2.75) is 11.8 Å². The largest absolute Gasteiger partial charge is 0.468 e. The number of aromatic nitrogens is 1. The van der Waals surface area contributed by atoms with E-state index in [9.17, 15) is 4.79 Å². The van der Waals surface area contributed by atoms with Gasteiger partial charge in [0.05, 0.1) is 12.6 Å². The van der Waals surface area contributed by atoms with Gasteiger partial charge in [-0.15, -0.1) is 11.6 Å². The summed E-state index contributed by atoms with van der Waals surface area (Å²) in [6.45, 7) is 0. The summed E-state index contributed by atoms with van der Waals surface area (Å²) in [5.74, 6) is -0.448. The summed E-state index contributed by atoms with van der Waals surface area (Å²) >= 11 is 12.1. The first kappa shape index (κ1) is 13.1. The van der Waals surface area contributed by atoms with Gasteiger partial charge in [0, 0.05) is 23.0 Å². The van der Waals surface area contributed by atoms with Crippen LogP contribution in [0, 0.1) is 0 Å². The predicted molar refractivity (Wildman–Crippen MR) is 72.1 cm³/mol. The molecule has 0 bridgehead atoms. The van der Waals surface area contributed by atoms with Gasteiger partial charge in [-0.25, -0.2) is 0 Å². The van der Waals surface area contributed by atoms with Gasteiger partial charge in [-0.1, -0.05) is 17.7 Å². The second-order valence-electron chi connectivity index (χ2n) is 3.80. The normalized spacial score (nSPS) is 12.4. The predicted octanol–water partition coefficient (Wildman–Crippen LogP) is 3.21. The fraction of sp³-hybridized carbons (Fsp3) is 0.231. The van der Waals surface area contributed by atoms with Crippen LogP contribution in [0.2, 0.25) is 5.02 Å². The third kappa shape index (κ3) is 2.57. The number of alkyl halides is 1. The SMILES string of the molecule is COC(=O)C(Cl)Cc1ccc(Cl)c2cccnc12. The smallest absolute Gasteiger partial charge is 0.324 e. The van der Waals surface area contributed by atoms with Crippen molar-refractivity contribution in [1.29, 1.82) is 0 Å². The highest BCUT2D eigenvalue weighted by Crippen LogP contribution is 2.26. The van der Waals surface area contributed by atoms with Crippen LogP contribution in [0.15, 0.2) is 30.5 Å². The van der Waals surface area contributed by atoms with E-state index in [1.54, 1.807) is 12.3 Å². The molecule has 0 spiro atoms. The monoisotopic (exact) mass is 283 g/mol. The first-order valence-electron chi connectivity index (χ1n) is 5.37. The molecular weight excluding hydrogens is 273 g/mol. The standard InChI is InChI=1S/C13H11Cl2NO2/c1-18-13(17)11(15)7-8-4-5-10(14)9-3-2-6-16-12(8)9/h2-6,11H,7H2,1H3. The van der Waals surface area contributed by atoms with Crippen LogP contribution in [0.25, 0.3) is 10.9 Å². The molecule has 0 aliphatic carbocycles. The lowest BCUT2D eigenvalue weighted by Crippen LogP contribution is -2.18. The second-order valence-corrected chi connectivity index (χ2v) is 4.73. The zero-order valence-electron chi connectivity index (χ0n) is 9.69. The molecule has 18 heavy (non-hydrogen) atoms. The van der Waals surface area contributed by atoms with Crippen LogP contribution in [-0.2, 0) is 16.0 Å². The highest BCUT2D eigenvalue weighted by atomic mass is 35.5. The number of pyridine rings is 1. The van der Waals surface area contributed by atoms with Crippen LogP contribution < -0.4 is 0 Å². The number of carbonyl (C=O) groups excluding carboxylic acids is 1. The number of ether oxygens (including phenoxy) is 1. The minimum atomic E-state index is -0.721. The van der Waals surface area contributed by atoms with E-state index in [-0.39, 0.29) is 0 Å². The van der Waals surface area contributed by atoms with Crippen molar-refractivity contribution >= 4 is 40.1 Å². The third-order valence-electron chi connectivity index (χ3n) is 2.66. The van der Waals surface area contributed by atoms with Gasteiger partial charge in [0.2, 0.25) is 0 Å².